The Kier molecular flexibility index (Phi) is 4.04. The Hall–Kier alpha value is -1.89. The van der Waals surface area contributed by atoms with Gasteiger partial charge in [0.05, 0.1) is 12.2 Å². The first-order chi connectivity index (χ1) is 9.69. The molecule has 0 bridgehead atoms. The van der Waals surface area contributed by atoms with Gasteiger partial charge in [-0.3, -0.25) is 4.90 Å². The second kappa shape index (κ2) is 5.48. The lowest BCUT2D eigenvalue weighted by molar-refractivity contribution is -0.143. The van der Waals surface area contributed by atoms with Crippen LogP contribution >= 0.6 is 11.6 Å². The van der Waals surface area contributed by atoms with E-state index < -0.39 is 23.7 Å². The summed E-state index contributed by atoms with van der Waals surface area (Å²) in [5.74, 6) is -1.11. The van der Waals surface area contributed by atoms with Crippen LogP contribution in [-0.2, 0) is 22.5 Å². The molecule has 0 saturated heterocycles. The number of hydrogen-bond acceptors (Lipinski definition) is 5. The minimum absolute atomic E-state index is 0.0148. The fraction of sp³-hybridized carbons (Fsp3) is 0.538. The van der Waals surface area contributed by atoms with E-state index in [-0.39, 0.29) is 18.1 Å². The average molecular weight is 314 g/mol. The quantitative estimate of drug-likeness (QED) is 0.796. The average Bonchev–Trinajstić information content (AvgIpc) is 2.35. The summed E-state index contributed by atoms with van der Waals surface area (Å²) >= 11 is 6.00. The van der Waals surface area contributed by atoms with Crippen molar-refractivity contribution in [2.24, 2.45) is 0 Å². The number of hydrogen-bond donors (Lipinski definition) is 1. The highest BCUT2D eigenvalue weighted by atomic mass is 35.5. The number of rotatable bonds is 1. The maximum absolute atomic E-state index is 12.2. The number of carbonyl (C=O) groups is 2. The standard InChI is InChI=1S/C13H16ClN3O4/c1-13(2,3)21-12(20)17-5-7-8(4-9(17)11(18)19)15-6-16-10(7)14/h6,9H,4-5H2,1-3H3,(H,18,19). The fourth-order valence-electron chi connectivity index (χ4n) is 2.06. The largest absolute Gasteiger partial charge is 0.480 e. The normalized spacial score (nSPS) is 18.1. The SMILES string of the molecule is CC(C)(C)OC(=O)N1Cc2c(Cl)ncnc2CC1C(=O)O. The zero-order chi connectivity index (χ0) is 15.8. The van der Waals surface area contributed by atoms with Crippen LogP contribution < -0.4 is 0 Å². The number of carboxylic acid groups (broad SMARTS) is 1. The molecule has 0 saturated carbocycles. The molecule has 0 fully saturated rings. The van der Waals surface area contributed by atoms with Crippen LogP contribution in [0.2, 0.25) is 5.15 Å². The molecule has 2 rings (SSSR count). The van der Waals surface area contributed by atoms with Crippen molar-refractivity contribution in [3.63, 3.8) is 0 Å². The summed E-state index contributed by atoms with van der Waals surface area (Å²) in [6.45, 7) is 5.17. The highest BCUT2D eigenvalue weighted by Crippen LogP contribution is 2.27. The van der Waals surface area contributed by atoms with Crippen LogP contribution in [0, 0.1) is 0 Å². The first kappa shape index (κ1) is 15.5. The molecule has 0 aromatic carbocycles. The predicted molar refractivity (Wildman–Crippen MR) is 73.9 cm³/mol. The van der Waals surface area contributed by atoms with Gasteiger partial charge >= 0.3 is 12.1 Å². The molecule has 1 aromatic heterocycles. The summed E-state index contributed by atoms with van der Waals surface area (Å²) in [5.41, 5.74) is 0.391. The zero-order valence-corrected chi connectivity index (χ0v) is 12.7. The van der Waals surface area contributed by atoms with Crippen LogP contribution in [0.5, 0.6) is 0 Å². The summed E-state index contributed by atoms with van der Waals surface area (Å²) in [5, 5.41) is 9.54. The van der Waals surface area contributed by atoms with Gasteiger partial charge in [-0.05, 0) is 20.8 Å². The fourth-order valence-corrected chi connectivity index (χ4v) is 2.28. The maximum Gasteiger partial charge on any atom is 0.411 e. The van der Waals surface area contributed by atoms with E-state index in [2.05, 4.69) is 9.97 Å². The molecule has 0 spiro atoms. The van der Waals surface area contributed by atoms with Crippen LogP contribution in [-0.4, -0.2) is 43.7 Å². The molecule has 2 heterocycles. The molecule has 1 atom stereocenters. The number of aromatic nitrogens is 2. The smallest absolute Gasteiger partial charge is 0.411 e. The molecule has 7 nitrogen and oxygen atoms in total. The number of carboxylic acids is 1. The molecular weight excluding hydrogens is 298 g/mol. The highest BCUT2D eigenvalue weighted by molar-refractivity contribution is 6.30. The summed E-state index contributed by atoms with van der Waals surface area (Å²) in [4.78, 5) is 32.7. The van der Waals surface area contributed by atoms with Crippen LogP contribution in [0.1, 0.15) is 32.0 Å². The first-order valence-corrected chi connectivity index (χ1v) is 6.77. The number of fused-ring (bicyclic) bond motifs is 1. The van der Waals surface area contributed by atoms with Crippen LogP contribution in [0.15, 0.2) is 6.33 Å². The van der Waals surface area contributed by atoms with Crippen molar-refractivity contribution in [2.45, 2.75) is 45.4 Å². The molecular formula is C13H16ClN3O4. The molecule has 1 amide bonds. The molecule has 1 unspecified atom stereocenters. The Bertz CT molecular complexity index is 585. The Balaban J connectivity index is 2.33. The minimum Gasteiger partial charge on any atom is -0.480 e. The van der Waals surface area contributed by atoms with Gasteiger partial charge in [0.25, 0.3) is 0 Å². The summed E-state index contributed by atoms with van der Waals surface area (Å²) < 4.78 is 5.25. The predicted octanol–water partition coefficient (Wildman–Crippen LogP) is 1.88. The third-order valence-electron chi connectivity index (χ3n) is 2.99. The highest BCUT2D eigenvalue weighted by Gasteiger charge is 2.38. The van der Waals surface area contributed by atoms with E-state index in [1.807, 2.05) is 0 Å². The molecule has 0 aliphatic carbocycles. The van der Waals surface area contributed by atoms with Gasteiger partial charge in [0, 0.05) is 12.0 Å². The number of nitrogens with zero attached hydrogens (tertiary/aromatic N) is 3. The molecule has 21 heavy (non-hydrogen) atoms. The molecule has 0 radical (unpaired) electrons. The van der Waals surface area contributed by atoms with E-state index in [1.165, 1.54) is 6.33 Å². The molecule has 8 heteroatoms. The third-order valence-corrected chi connectivity index (χ3v) is 3.31. The molecule has 1 N–H and O–H groups in total. The van der Waals surface area contributed by atoms with Gasteiger partial charge in [-0.15, -0.1) is 0 Å². The van der Waals surface area contributed by atoms with Crippen molar-refractivity contribution in [2.75, 3.05) is 0 Å². The van der Waals surface area contributed by atoms with E-state index in [4.69, 9.17) is 16.3 Å². The molecule has 1 aliphatic heterocycles. The number of ether oxygens (including phenoxy) is 1. The van der Waals surface area contributed by atoms with Crippen molar-refractivity contribution in [3.8, 4) is 0 Å². The van der Waals surface area contributed by atoms with E-state index in [0.717, 1.165) is 4.90 Å². The molecule has 1 aromatic rings. The van der Waals surface area contributed by atoms with E-state index in [9.17, 15) is 14.7 Å². The summed E-state index contributed by atoms with van der Waals surface area (Å²) in [6, 6.07) is -1.03. The number of aliphatic carboxylic acids is 1. The van der Waals surface area contributed by atoms with Gasteiger partial charge < -0.3 is 9.84 Å². The van der Waals surface area contributed by atoms with Gasteiger partial charge in [-0.25, -0.2) is 19.6 Å². The Labute approximate surface area is 126 Å². The maximum atomic E-state index is 12.2. The summed E-state index contributed by atoms with van der Waals surface area (Å²) in [6.07, 6.45) is 0.663. The van der Waals surface area contributed by atoms with Crippen molar-refractivity contribution < 1.29 is 19.4 Å². The van der Waals surface area contributed by atoms with Gasteiger partial charge in [-0.1, -0.05) is 11.6 Å². The van der Waals surface area contributed by atoms with Crippen molar-refractivity contribution in [1.82, 2.24) is 14.9 Å². The van der Waals surface area contributed by atoms with Gasteiger partial charge in [0.2, 0.25) is 0 Å². The minimum atomic E-state index is -1.11. The first-order valence-electron chi connectivity index (χ1n) is 6.39. The second-order valence-electron chi connectivity index (χ2n) is 5.76. The monoisotopic (exact) mass is 313 g/mol. The van der Waals surface area contributed by atoms with E-state index in [1.54, 1.807) is 20.8 Å². The van der Waals surface area contributed by atoms with Gasteiger partial charge in [0.15, 0.2) is 0 Å². The third kappa shape index (κ3) is 3.41. The number of carbonyl (C=O) groups excluding carboxylic acids is 1. The lowest BCUT2D eigenvalue weighted by atomic mass is 10.0. The summed E-state index contributed by atoms with van der Waals surface area (Å²) in [7, 11) is 0. The lowest BCUT2D eigenvalue weighted by Crippen LogP contribution is -2.50. The molecule has 114 valence electrons. The van der Waals surface area contributed by atoms with Crippen LogP contribution in [0.3, 0.4) is 0 Å². The van der Waals surface area contributed by atoms with Crippen LogP contribution in [0.4, 0.5) is 4.79 Å². The number of halogens is 1. The van der Waals surface area contributed by atoms with E-state index >= 15 is 0 Å². The van der Waals surface area contributed by atoms with Crippen molar-refractivity contribution >= 4 is 23.7 Å². The van der Waals surface area contributed by atoms with Crippen LogP contribution in [0.25, 0.3) is 0 Å². The topological polar surface area (TPSA) is 92.6 Å². The second-order valence-corrected chi connectivity index (χ2v) is 6.11. The van der Waals surface area contributed by atoms with E-state index in [0.29, 0.717) is 11.3 Å². The Morgan fingerprint density at radius 1 is 1.43 bits per heavy atom. The Morgan fingerprint density at radius 2 is 2.10 bits per heavy atom. The lowest BCUT2D eigenvalue weighted by Gasteiger charge is -2.35. The zero-order valence-electron chi connectivity index (χ0n) is 12.0. The van der Waals surface area contributed by atoms with Gasteiger partial charge in [0.1, 0.15) is 23.1 Å². The van der Waals surface area contributed by atoms with Gasteiger partial charge in [-0.2, -0.15) is 0 Å². The van der Waals surface area contributed by atoms with Crippen molar-refractivity contribution in [1.29, 1.82) is 0 Å². The Morgan fingerprint density at radius 3 is 2.67 bits per heavy atom. The number of amides is 1. The molecule has 1 aliphatic rings. The van der Waals surface area contributed by atoms with Crippen molar-refractivity contribution in [3.05, 3.63) is 22.7 Å².